The standard InChI is InChI=1S/2C12H16ClNO2/c2*1-8(2)12(16)14-11(7-15)9-4-3-5-10(13)6-9/h2*3-6,8,11,15H,7H2,1-2H3,(H,14,16). The summed E-state index contributed by atoms with van der Waals surface area (Å²) in [6, 6.07) is 13.4. The zero-order chi connectivity index (χ0) is 24.3. The van der Waals surface area contributed by atoms with E-state index in [1.54, 1.807) is 36.4 Å². The van der Waals surface area contributed by atoms with E-state index in [4.69, 9.17) is 23.2 Å². The summed E-state index contributed by atoms with van der Waals surface area (Å²) < 4.78 is 0. The topological polar surface area (TPSA) is 98.7 Å². The maximum absolute atomic E-state index is 11.5. The number of aliphatic hydroxyl groups excluding tert-OH is 2. The molecule has 176 valence electrons. The first-order valence-corrected chi connectivity index (χ1v) is 11.2. The third-order valence-electron chi connectivity index (χ3n) is 4.55. The molecule has 0 aliphatic carbocycles. The number of aliphatic hydroxyl groups is 2. The third kappa shape index (κ3) is 9.57. The molecule has 2 unspecified atom stereocenters. The van der Waals surface area contributed by atoms with Crippen LogP contribution in [0.1, 0.15) is 50.9 Å². The van der Waals surface area contributed by atoms with Crippen molar-refractivity contribution in [2.24, 2.45) is 11.8 Å². The zero-order valence-corrected chi connectivity index (χ0v) is 20.3. The molecule has 8 heteroatoms. The lowest BCUT2D eigenvalue weighted by molar-refractivity contribution is -0.125. The fourth-order valence-corrected chi connectivity index (χ4v) is 2.99. The smallest absolute Gasteiger partial charge is 0.223 e. The van der Waals surface area contributed by atoms with Gasteiger partial charge in [0.25, 0.3) is 0 Å². The predicted molar refractivity (Wildman–Crippen MR) is 129 cm³/mol. The highest BCUT2D eigenvalue weighted by Gasteiger charge is 2.16. The van der Waals surface area contributed by atoms with E-state index in [1.165, 1.54) is 0 Å². The molecule has 0 fully saturated rings. The molecule has 0 saturated heterocycles. The van der Waals surface area contributed by atoms with Crippen LogP contribution in [0.2, 0.25) is 10.0 Å². The number of nitrogens with one attached hydrogen (secondary N) is 2. The fourth-order valence-electron chi connectivity index (χ4n) is 2.59. The number of hydrogen-bond acceptors (Lipinski definition) is 4. The van der Waals surface area contributed by atoms with Gasteiger partial charge in [0.05, 0.1) is 25.3 Å². The zero-order valence-electron chi connectivity index (χ0n) is 18.8. The molecular weight excluding hydrogens is 451 g/mol. The van der Waals surface area contributed by atoms with E-state index in [0.717, 1.165) is 11.1 Å². The Labute approximate surface area is 199 Å². The van der Waals surface area contributed by atoms with Crippen LogP contribution in [0.5, 0.6) is 0 Å². The van der Waals surface area contributed by atoms with Crippen molar-refractivity contribution in [2.75, 3.05) is 13.2 Å². The van der Waals surface area contributed by atoms with Crippen LogP contribution in [-0.2, 0) is 9.59 Å². The first-order valence-electron chi connectivity index (χ1n) is 10.4. The Balaban J connectivity index is 0.000000320. The molecule has 2 aromatic rings. The molecule has 2 atom stereocenters. The number of carbonyl (C=O) groups is 2. The van der Waals surface area contributed by atoms with Crippen LogP contribution in [0.3, 0.4) is 0 Å². The summed E-state index contributed by atoms with van der Waals surface area (Å²) in [5, 5.41) is 25.2. The highest BCUT2D eigenvalue weighted by Crippen LogP contribution is 2.19. The molecule has 2 rings (SSSR count). The molecule has 0 aliphatic heterocycles. The van der Waals surface area contributed by atoms with Gasteiger partial charge in [-0.3, -0.25) is 9.59 Å². The number of hydrogen-bond donors (Lipinski definition) is 4. The summed E-state index contributed by atoms with van der Waals surface area (Å²) in [5.74, 6) is -0.375. The number of amides is 2. The molecule has 4 N–H and O–H groups in total. The number of carbonyl (C=O) groups excluding carboxylic acids is 2. The van der Waals surface area contributed by atoms with Gasteiger partial charge in [0.2, 0.25) is 11.8 Å². The summed E-state index contributed by atoms with van der Waals surface area (Å²) in [7, 11) is 0. The second kappa shape index (κ2) is 14.1. The van der Waals surface area contributed by atoms with Crippen molar-refractivity contribution in [3.05, 3.63) is 69.7 Å². The van der Waals surface area contributed by atoms with E-state index in [-0.39, 0.29) is 36.9 Å². The molecule has 0 aliphatic rings. The van der Waals surface area contributed by atoms with Gasteiger partial charge in [-0.05, 0) is 35.4 Å². The van der Waals surface area contributed by atoms with Gasteiger partial charge in [-0.2, -0.15) is 0 Å². The van der Waals surface area contributed by atoms with Gasteiger partial charge in [0.1, 0.15) is 0 Å². The van der Waals surface area contributed by atoms with Crippen molar-refractivity contribution in [3.63, 3.8) is 0 Å². The van der Waals surface area contributed by atoms with Gasteiger partial charge in [0, 0.05) is 21.9 Å². The third-order valence-corrected chi connectivity index (χ3v) is 5.02. The summed E-state index contributed by atoms with van der Waals surface area (Å²) >= 11 is 11.7. The van der Waals surface area contributed by atoms with E-state index in [1.807, 2.05) is 39.8 Å². The van der Waals surface area contributed by atoms with Crippen LogP contribution in [0.4, 0.5) is 0 Å². The Kier molecular flexibility index (Phi) is 12.3. The second-order valence-corrected chi connectivity index (χ2v) is 8.78. The van der Waals surface area contributed by atoms with Crippen molar-refractivity contribution < 1.29 is 19.8 Å². The van der Waals surface area contributed by atoms with E-state index in [2.05, 4.69) is 10.6 Å². The molecule has 2 aromatic carbocycles. The molecule has 0 heterocycles. The lowest BCUT2D eigenvalue weighted by Crippen LogP contribution is -2.33. The molecule has 0 aromatic heterocycles. The summed E-state index contributed by atoms with van der Waals surface area (Å²) in [6.07, 6.45) is 0. The summed E-state index contributed by atoms with van der Waals surface area (Å²) in [4.78, 5) is 23.0. The van der Waals surface area contributed by atoms with Crippen molar-refractivity contribution in [1.82, 2.24) is 10.6 Å². The van der Waals surface area contributed by atoms with Crippen molar-refractivity contribution >= 4 is 35.0 Å². The lowest BCUT2D eigenvalue weighted by atomic mass is 10.1. The summed E-state index contributed by atoms with van der Waals surface area (Å²) in [6.45, 7) is 6.95. The van der Waals surface area contributed by atoms with Crippen LogP contribution in [0.25, 0.3) is 0 Å². The lowest BCUT2D eigenvalue weighted by Gasteiger charge is -2.18. The van der Waals surface area contributed by atoms with E-state index < -0.39 is 12.1 Å². The molecule has 0 spiro atoms. The van der Waals surface area contributed by atoms with E-state index in [9.17, 15) is 19.8 Å². The van der Waals surface area contributed by atoms with Gasteiger partial charge < -0.3 is 20.8 Å². The van der Waals surface area contributed by atoms with Crippen LogP contribution < -0.4 is 10.6 Å². The minimum Gasteiger partial charge on any atom is -0.394 e. The minimum atomic E-state index is -0.395. The number of halogens is 2. The average molecular weight is 483 g/mol. The van der Waals surface area contributed by atoms with Gasteiger partial charge in [-0.15, -0.1) is 0 Å². The Bertz CT molecular complexity index is 803. The number of benzene rings is 2. The highest BCUT2D eigenvalue weighted by atomic mass is 35.5. The average Bonchev–Trinajstić information content (AvgIpc) is 2.75. The van der Waals surface area contributed by atoms with Crippen LogP contribution >= 0.6 is 23.2 Å². The van der Waals surface area contributed by atoms with Gasteiger partial charge in [0.15, 0.2) is 0 Å². The molecule has 2 amide bonds. The van der Waals surface area contributed by atoms with Crippen molar-refractivity contribution in [1.29, 1.82) is 0 Å². The summed E-state index contributed by atoms with van der Waals surface area (Å²) in [5.41, 5.74) is 1.62. The van der Waals surface area contributed by atoms with Crippen LogP contribution in [-0.4, -0.2) is 35.2 Å². The predicted octanol–water partition coefficient (Wildman–Crippen LogP) is 4.29. The fraction of sp³-hybridized carbons (Fsp3) is 0.417. The quantitative estimate of drug-likeness (QED) is 0.450. The molecule has 6 nitrogen and oxygen atoms in total. The minimum absolute atomic E-state index is 0.0842. The Morgan fingerprint density at radius 3 is 1.34 bits per heavy atom. The van der Waals surface area contributed by atoms with Crippen LogP contribution in [0, 0.1) is 11.8 Å². The monoisotopic (exact) mass is 482 g/mol. The maximum Gasteiger partial charge on any atom is 0.223 e. The van der Waals surface area contributed by atoms with Crippen LogP contribution in [0.15, 0.2) is 48.5 Å². The van der Waals surface area contributed by atoms with E-state index >= 15 is 0 Å². The van der Waals surface area contributed by atoms with Gasteiger partial charge >= 0.3 is 0 Å². The largest absolute Gasteiger partial charge is 0.394 e. The van der Waals surface area contributed by atoms with Crippen molar-refractivity contribution in [3.8, 4) is 0 Å². The first-order chi connectivity index (χ1) is 15.1. The second-order valence-electron chi connectivity index (χ2n) is 7.91. The maximum atomic E-state index is 11.5. The Hall–Kier alpha value is -2.12. The molecular formula is C24H32Cl2N2O4. The van der Waals surface area contributed by atoms with E-state index in [0.29, 0.717) is 10.0 Å². The first kappa shape index (κ1) is 27.9. The highest BCUT2D eigenvalue weighted by molar-refractivity contribution is 6.30. The van der Waals surface area contributed by atoms with Gasteiger partial charge in [-0.1, -0.05) is 75.2 Å². The number of rotatable bonds is 8. The molecule has 0 radical (unpaired) electrons. The van der Waals surface area contributed by atoms with Gasteiger partial charge in [-0.25, -0.2) is 0 Å². The Morgan fingerprint density at radius 1 is 0.750 bits per heavy atom. The SMILES string of the molecule is CC(C)C(=O)NC(CO)c1cccc(Cl)c1.CC(C)C(=O)NC(CO)c1cccc(Cl)c1. The normalized spacial score (nSPS) is 12.6. The van der Waals surface area contributed by atoms with Crippen molar-refractivity contribution in [2.45, 2.75) is 39.8 Å². The molecule has 0 saturated carbocycles. The Morgan fingerprint density at radius 2 is 1.09 bits per heavy atom. The molecule has 0 bridgehead atoms. The molecule has 32 heavy (non-hydrogen) atoms.